The maximum absolute atomic E-state index is 13.2. The molecule has 37 heavy (non-hydrogen) atoms. The van der Waals surface area contributed by atoms with Gasteiger partial charge in [0.15, 0.2) is 0 Å². The van der Waals surface area contributed by atoms with E-state index in [1.165, 1.54) is 38.2 Å². The minimum Gasteiger partial charge on any atom is -0.362 e. The van der Waals surface area contributed by atoms with Gasteiger partial charge < -0.3 is 15.1 Å². The Morgan fingerprint density at radius 1 is 0.865 bits per heavy atom. The number of carbonyl (C=O) groups is 2. The fourth-order valence-corrected chi connectivity index (χ4v) is 7.50. The maximum Gasteiger partial charge on any atom is 0.293 e. The molecule has 1 N–H and O–H groups in total. The quantitative estimate of drug-likeness (QED) is 0.482. The molecule has 5 aliphatic rings. The number of nitrogens with zero attached hydrogens (tertiary/aromatic N) is 3. The second kappa shape index (κ2) is 9.47. The first-order valence-corrected chi connectivity index (χ1v) is 13.6. The van der Waals surface area contributed by atoms with Gasteiger partial charge in [-0.2, -0.15) is 0 Å². The molecule has 2 aromatic carbocycles. The van der Waals surface area contributed by atoms with Crippen LogP contribution in [0, 0.1) is 40.7 Å². The summed E-state index contributed by atoms with van der Waals surface area (Å²) in [5, 5.41) is 15.3. The molecule has 2 aromatic rings. The number of aryl methyl sites for hydroxylation is 1. The van der Waals surface area contributed by atoms with Crippen molar-refractivity contribution in [2.75, 3.05) is 31.1 Å². The predicted molar refractivity (Wildman–Crippen MR) is 141 cm³/mol. The van der Waals surface area contributed by atoms with Crippen LogP contribution in [-0.4, -0.2) is 53.9 Å². The van der Waals surface area contributed by atoms with Gasteiger partial charge in [0, 0.05) is 49.4 Å². The zero-order valence-electron chi connectivity index (χ0n) is 21.3. The number of nitrogens with one attached hydrogen (secondary N) is 1. The van der Waals surface area contributed by atoms with E-state index in [2.05, 4.69) is 5.32 Å². The van der Waals surface area contributed by atoms with Crippen LogP contribution in [0.4, 0.5) is 11.4 Å². The average Bonchev–Trinajstić information content (AvgIpc) is 2.90. The smallest absolute Gasteiger partial charge is 0.293 e. The van der Waals surface area contributed by atoms with Crippen LogP contribution in [0.25, 0.3) is 0 Å². The number of carbonyl (C=O) groups excluding carboxylic acids is 2. The van der Waals surface area contributed by atoms with Crippen molar-refractivity contribution >= 4 is 23.2 Å². The Balaban J connectivity index is 1.13. The zero-order chi connectivity index (χ0) is 25.7. The molecule has 1 heterocycles. The van der Waals surface area contributed by atoms with Crippen molar-refractivity contribution in [1.29, 1.82) is 0 Å². The highest BCUT2D eigenvalue weighted by molar-refractivity contribution is 5.96. The molecule has 0 atom stereocenters. The molecule has 7 rings (SSSR count). The number of nitro benzene ring substituents is 1. The SMILES string of the molecule is Cc1ccc(C(=O)N2CCN(c3ccc(C(=O)NC4C5CC6CC(C5)CC4C6)cc3[N+](=O)[O-])CC2)cc1. The van der Waals surface area contributed by atoms with Crippen molar-refractivity contribution in [3.63, 3.8) is 0 Å². The molecule has 0 unspecified atom stereocenters. The lowest BCUT2D eigenvalue weighted by Crippen LogP contribution is -2.55. The Kier molecular flexibility index (Phi) is 6.13. The summed E-state index contributed by atoms with van der Waals surface area (Å²) in [6, 6.07) is 12.5. The molecule has 2 amide bonds. The molecule has 194 valence electrons. The molecule has 8 heteroatoms. The van der Waals surface area contributed by atoms with Gasteiger partial charge in [0.2, 0.25) is 0 Å². The molecule has 1 saturated heterocycles. The number of hydrogen-bond acceptors (Lipinski definition) is 5. The third-order valence-corrected chi connectivity index (χ3v) is 9.16. The highest BCUT2D eigenvalue weighted by atomic mass is 16.6. The van der Waals surface area contributed by atoms with Gasteiger partial charge in [-0.05, 0) is 87.0 Å². The molecule has 4 aliphatic carbocycles. The zero-order valence-corrected chi connectivity index (χ0v) is 21.3. The van der Waals surface area contributed by atoms with Crippen molar-refractivity contribution in [1.82, 2.24) is 10.2 Å². The summed E-state index contributed by atoms with van der Waals surface area (Å²) in [5.74, 6) is 2.51. The lowest BCUT2D eigenvalue weighted by Gasteiger charge is -2.54. The third-order valence-electron chi connectivity index (χ3n) is 9.16. The monoisotopic (exact) mass is 502 g/mol. The first-order valence-electron chi connectivity index (χ1n) is 13.6. The topological polar surface area (TPSA) is 95.8 Å². The number of benzene rings is 2. The van der Waals surface area contributed by atoms with E-state index in [-0.39, 0.29) is 23.5 Å². The summed E-state index contributed by atoms with van der Waals surface area (Å²) >= 11 is 0. The molecule has 4 bridgehead atoms. The molecular formula is C29H34N4O4. The van der Waals surface area contributed by atoms with Crippen molar-refractivity contribution in [3.05, 3.63) is 69.3 Å². The van der Waals surface area contributed by atoms with Gasteiger partial charge in [0.05, 0.1) is 4.92 Å². The molecule has 0 spiro atoms. The van der Waals surface area contributed by atoms with E-state index in [0.29, 0.717) is 54.8 Å². The van der Waals surface area contributed by atoms with Crippen LogP contribution < -0.4 is 10.2 Å². The van der Waals surface area contributed by atoms with Crippen LogP contribution in [0.1, 0.15) is 58.4 Å². The summed E-state index contributed by atoms with van der Waals surface area (Å²) in [7, 11) is 0. The van der Waals surface area contributed by atoms with Gasteiger partial charge >= 0.3 is 0 Å². The lowest BCUT2D eigenvalue weighted by atomic mass is 9.54. The Morgan fingerprint density at radius 2 is 1.46 bits per heavy atom. The standard InChI is InChI=1S/C29H34N4O4/c1-18-2-4-21(5-3-18)29(35)32-10-8-31(9-11-32)25-7-6-22(17-26(25)33(36)37)28(34)30-27-23-13-19-12-20(15-23)16-24(27)14-19/h2-7,17,19-20,23-24,27H,8-16H2,1H3,(H,30,34). The largest absolute Gasteiger partial charge is 0.362 e. The molecule has 8 nitrogen and oxygen atoms in total. The second-order valence-corrected chi connectivity index (χ2v) is 11.5. The molecule has 5 fully saturated rings. The van der Waals surface area contributed by atoms with Crippen LogP contribution >= 0.6 is 0 Å². The van der Waals surface area contributed by atoms with Crippen LogP contribution in [0.2, 0.25) is 0 Å². The van der Waals surface area contributed by atoms with E-state index >= 15 is 0 Å². The van der Waals surface area contributed by atoms with Crippen LogP contribution in [0.15, 0.2) is 42.5 Å². The highest BCUT2D eigenvalue weighted by Gasteiger charge is 2.48. The van der Waals surface area contributed by atoms with E-state index in [0.717, 1.165) is 17.4 Å². The fourth-order valence-electron chi connectivity index (χ4n) is 7.50. The summed E-state index contributed by atoms with van der Waals surface area (Å²) in [6.07, 6.45) is 6.17. The maximum atomic E-state index is 13.2. The number of piperazine rings is 1. The van der Waals surface area contributed by atoms with Crippen LogP contribution in [-0.2, 0) is 0 Å². The van der Waals surface area contributed by atoms with E-state index < -0.39 is 4.92 Å². The number of amides is 2. The van der Waals surface area contributed by atoms with Gasteiger partial charge in [-0.25, -0.2) is 0 Å². The van der Waals surface area contributed by atoms with Crippen LogP contribution in [0.3, 0.4) is 0 Å². The van der Waals surface area contributed by atoms with Crippen LogP contribution in [0.5, 0.6) is 0 Å². The number of rotatable bonds is 5. The number of anilines is 1. The van der Waals surface area contributed by atoms with Crippen molar-refractivity contribution < 1.29 is 14.5 Å². The van der Waals surface area contributed by atoms with E-state index in [1.807, 2.05) is 36.1 Å². The Labute approximate surface area is 217 Å². The van der Waals surface area contributed by atoms with Gasteiger partial charge in [0.1, 0.15) is 5.69 Å². The number of hydrogen-bond donors (Lipinski definition) is 1. The van der Waals surface area contributed by atoms with E-state index in [4.69, 9.17) is 0 Å². The van der Waals surface area contributed by atoms with Gasteiger partial charge in [0.25, 0.3) is 17.5 Å². The predicted octanol–water partition coefficient (Wildman–Crippen LogP) is 4.42. The third kappa shape index (κ3) is 4.58. The molecule has 4 saturated carbocycles. The van der Waals surface area contributed by atoms with Crippen molar-refractivity contribution in [2.45, 2.75) is 45.1 Å². The lowest BCUT2D eigenvalue weighted by molar-refractivity contribution is -0.384. The minimum atomic E-state index is -0.404. The molecule has 0 aromatic heterocycles. The van der Waals surface area contributed by atoms with Crippen molar-refractivity contribution in [2.24, 2.45) is 23.7 Å². The average molecular weight is 503 g/mol. The summed E-state index contributed by atoms with van der Waals surface area (Å²) in [4.78, 5) is 41.4. The number of nitro groups is 1. The van der Waals surface area contributed by atoms with E-state index in [1.54, 1.807) is 17.0 Å². The summed E-state index contributed by atoms with van der Waals surface area (Å²) in [6.45, 7) is 3.95. The summed E-state index contributed by atoms with van der Waals surface area (Å²) < 4.78 is 0. The Hall–Kier alpha value is -3.42. The molecular weight excluding hydrogens is 468 g/mol. The van der Waals surface area contributed by atoms with Gasteiger partial charge in [-0.1, -0.05) is 17.7 Å². The van der Waals surface area contributed by atoms with Gasteiger partial charge in [-0.15, -0.1) is 0 Å². The normalized spacial score (nSPS) is 28.3. The molecule has 1 aliphatic heterocycles. The van der Waals surface area contributed by atoms with Gasteiger partial charge in [-0.3, -0.25) is 19.7 Å². The summed E-state index contributed by atoms with van der Waals surface area (Å²) in [5.41, 5.74) is 2.54. The minimum absolute atomic E-state index is 0.0223. The fraction of sp³-hybridized carbons (Fsp3) is 0.517. The first-order chi connectivity index (χ1) is 17.9. The first kappa shape index (κ1) is 23.9. The Morgan fingerprint density at radius 3 is 2.05 bits per heavy atom. The van der Waals surface area contributed by atoms with E-state index in [9.17, 15) is 19.7 Å². The second-order valence-electron chi connectivity index (χ2n) is 11.5. The van der Waals surface area contributed by atoms with Crippen molar-refractivity contribution in [3.8, 4) is 0 Å². The highest BCUT2D eigenvalue weighted by Crippen LogP contribution is 2.53. The molecule has 0 radical (unpaired) electrons. The Bertz CT molecular complexity index is 1190.